The largest absolute Gasteiger partial charge is 0.573 e. The average molecular weight is 637 g/mol. The van der Waals surface area contributed by atoms with Gasteiger partial charge in [-0.3, -0.25) is 0 Å². The van der Waals surface area contributed by atoms with Crippen molar-refractivity contribution in [1.29, 1.82) is 0 Å². The van der Waals surface area contributed by atoms with Gasteiger partial charge in [0.1, 0.15) is 12.1 Å². The summed E-state index contributed by atoms with van der Waals surface area (Å²) in [5.41, 5.74) is 4.68. The van der Waals surface area contributed by atoms with Gasteiger partial charge >= 0.3 is 12.4 Å². The number of amidine groups is 1. The molecule has 0 radical (unpaired) electrons. The van der Waals surface area contributed by atoms with Crippen LogP contribution in [0, 0.1) is 0 Å². The molecule has 2 amide bonds. The van der Waals surface area contributed by atoms with Crippen molar-refractivity contribution < 1.29 is 22.7 Å². The van der Waals surface area contributed by atoms with Gasteiger partial charge in [0, 0.05) is 35.5 Å². The number of thioether (sulfide) groups is 1. The molecule has 1 fully saturated rings. The lowest BCUT2D eigenvalue weighted by molar-refractivity contribution is -0.274. The van der Waals surface area contributed by atoms with Gasteiger partial charge in [0.2, 0.25) is 0 Å². The molecular weight excluding hydrogens is 601 g/mol. The fraction of sp³-hybridized carbons (Fsp3) is 0.333. The highest BCUT2D eigenvalue weighted by Crippen LogP contribution is 2.32. The molecule has 8 nitrogen and oxygen atoms in total. The van der Waals surface area contributed by atoms with Gasteiger partial charge in [0.25, 0.3) is 0 Å². The first-order valence-corrected chi connectivity index (χ1v) is 15.7. The third-order valence-electron chi connectivity index (χ3n) is 7.66. The van der Waals surface area contributed by atoms with Crippen molar-refractivity contribution in [2.75, 3.05) is 17.2 Å². The van der Waals surface area contributed by atoms with Crippen LogP contribution in [0.4, 0.5) is 23.7 Å². The molecule has 1 aliphatic rings. The molecule has 0 spiro atoms. The van der Waals surface area contributed by atoms with Gasteiger partial charge in [-0.05, 0) is 60.7 Å². The zero-order chi connectivity index (χ0) is 32.1. The molecule has 1 aliphatic heterocycles. The van der Waals surface area contributed by atoms with Gasteiger partial charge in [0.05, 0.1) is 5.69 Å². The molecule has 5 rings (SSSR count). The highest BCUT2D eigenvalue weighted by atomic mass is 32.2. The Balaban J connectivity index is 1.22. The number of hydrogen-bond acceptors (Lipinski definition) is 5. The van der Waals surface area contributed by atoms with Crippen LogP contribution in [0.15, 0.2) is 84.1 Å². The fourth-order valence-electron chi connectivity index (χ4n) is 5.08. The van der Waals surface area contributed by atoms with Crippen molar-refractivity contribution in [3.05, 3.63) is 90.3 Å². The number of amides is 2. The Morgan fingerprint density at radius 1 is 1.00 bits per heavy atom. The minimum atomic E-state index is -4.75. The van der Waals surface area contributed by atoms with E-state index in [1.54, 1.807) is 11.8 Å². The summed E-state index contributed by atoms with van der Waals surface area (Å²) in [6.45, 7) is 9.16. The number of nitrogens with zero attached hydrogens (tertiary/aromatic N) is 5. The lowest BCUT2D eigenvalue weighted by atomic mass is 9.93. The van der Waals surface area contributed by atoms with E-state index in [1.807, 2.05) is 50.2 Å². The Kier molecular flexibility index (Phi) is 9.81. The molecule has 1 N–H and O–H groups in total. The zero-order valence-corrected chi connectivity index (χ0v) is 26.3. The summed E-state index contributed by atoms with van der Waals surface area (Å²) >= 11 is 1.60. The van der Waals surface area contributed by atoms with Crippen molar-refractivity contribution in [1.82, 2.24) is 20.1 Å². The number of nitrogens with one attached hydrogen (secondary N) is 1. The number of hydrogen-bond donors (Lipinski definition) is 1. The third kappa shape index (κ3) is 8.05. The standard InChI is InChI=1S/C33H35F3N6O2S/c1-21(2)28-8-5-6-9-29(28)41-18-7-19-45-32(41)39-31(43)38-23(4)22(3)24-10-12-25(13-11-24)30-37-20-42(40-30)26-14-16-27(17-15-26)44-33(34,35)36/h5-6,8-17,20-23H,7,18-19H2,1-4H3,(H,38,43). The SMILES string of the molecule is CC(C)c1ccccc1N1CCCSC1=NC(=O)NC(C)C(C)c1ccc(-c2ncn(-c3ccc(OC(F)(F)F)cc3)n2)cc1. The smallest absolute Gasteiger partial charge is 0.406 e. The van der Waals surface area contributed by atoms with Gasteiger partial charge in [-0.15, -0.1) is 18.3 Å². The molecule has 4 aromatic rings. The van der Waals surface area contributed by atoms with Crippen LogP contribution >= 0.6 is 11.8 Å². The first-order valence-electron chi connectivity index (χ1n) is 14.7. The first kappa shape index (κ1) is 32.1. The number of carbonyl (C=O) groups excluding carboxylic acids is 1. The van der Waals surface area contributed by atoms with Crippen molar-refractivity contribution in [2.24, 2.45) is 4.99 Å². The minimum Gasteiger partial charge on any atom is -0.406 e. The number of aliphatic imine (C=N–C) groups is 1. The van der Waals surface area contributed by atoms with E-state index in [0.29, 0.717) is 22.6 Å². The van der Waals surface area contributed by atoms with Crippen LogP contribution in [0.2, 0.25) is 0 Å². The number of aromatic nitrogens is 3. The lowest BCUT2D eigenvalue weighted by Crippen LogP contribution is -2.39. The number of carbonyl (C=O) groups is 1. The van der Waals surface area contributed by atoms with E-state index in [4.69, 9.17) is 0 Å². The van der Waals surface area contributed by atoms with Gasteiger partial charge in [-0.25, -0.2) is 14.5 Å². The van der Waals surface area contributed by atoms with E-state index in [-0.39, 0.29) is 23.7 Å². The van der Waals surface area contributed by atoms with Crippen molar-refractivity contribution in [3.8, 4) is 22.8 Å². The summed E-state index contributed by atoms with van der Waals surface area (Å²) in [5, 5.41) is 8.24. The van der Waals surface area contributed by atoms with Gasteiger partial charge < -0.3 is 15.0 Å². The maximum Gasteiger partial charge on any atom is 0.573 e. The Morgan fingerprint density at radius 2 is 1.71 bits per heavy atom. The summed E-state index contributed by atoms with van der Waals surface area (Å²) in [5.74, 6) is 1.43. The van der Waals surface area contributed by atoms with E-state index >= 15 is 0 Å². The normalized spacial score (nSPS) is 16.1. The fourth-order valence-corrected chi connectivity index (χ4v) is 6.03. The molecule has 1 saturated heterocycles. The molecule has 45 heavy (non-hydrogen) atoms. The Labute approximate surface area is 264 Å². The van der Waals surface area contributed by atoms with Crippen molar-refractivity contribution >= 4 is 28.6 Å². The Bertz CT molecular complexity index is 1640. The summed E-state index contributed by atoms with van der Waals surface area (Å²) in [6.07, 6.45) is -2.23. The lowest BCUT2D eigenvalue weighted by Gasteiger charge is -2.32. The molecular formula is C33H35F3N6O2S. The van der Waals surface area contributed by atoms with Crippen molar-refractivity contribution in [2.45, 2.75) is 58.4 Å². The van der Waals surface area contributed by atoms with Crippen LogP contribution < -0.4 is 15.0 Å². The summed E-state index contributed by atoms with van der Waals surface area (Å²) in [4.78, 5) is 24.1. The number of halogens is 3. The van der Waals surface area contributed by atoms with Crippen LogP contribution in [-0.2, 0) is 0 Å². The Hall–Kier alpha value is -4.32. The van der Waals surface area contributed by atoms with Gasteiger partial charge in [-0.2, -0.15) is 4.99 Å². The third-order valence-corrected chi connectivity index (χ3v) is 8.72. The number of alkyl halides is 3. The quantitative estimate of drug-likeness (QED) is 0.210. The molecule has 2 atom stereocenters. The van der Waals surface area contributed by atoms with Crippen LogP contribution in [0.3, 0.4) is 0 Å². The van der Waals surface area contributed by atoms with E-state index < -0.39 is 6.36 Å². The monoisotopic (exact) mass is 636 g/mol. The number of anilines is 1. The van der Waals surface area contributed by atoms with Crippen LogP contribution in [0.1, 0.15) is 57.1 Å². The molecule has 1 aromatic heterocycles. The average Bonchev–Trinajstić information content (AvgIpc) is 3.51. The second kappa shape index (κ2) is 13.8. The number of benzene rings is 3. The first-order chi connectivity index (χ1) is 21.5. The number of urea groups is 1. The number of rotatable bonds is 8. The van der Waals surface area contributed by atoms with Crippen molar-refractivity contribution in [3.63, 3.8) is 0 Å². The number of ether oxygens (including phenoxy) is 1. The molecule has 2 heterocycles. The Morgan fingerprint density at radius 3 is 2.40 bits per heavy atom. The van der Waals surface area contributed by atoms with Crippen LogP contribution in [0.25, 0.3) is 17.1 Å². The van der Waals surface area contributed by atoms with E-state index in [2.05, 4.69) is 56.0 Å². The molecule has 236 valence electrons. The van der Waals surface area contributed by atoms with Crippen LogP contribution in [0.5, 0.6) is 5.75 Å². The zero-order valence-electron chi connectivity index (χ0n) is 25.5. The molecule has 0 aliphatic carbocycles. The maximum atomic E-state index is 13.1. The highest BCUT2D eigenvalue weighted by Gasteiger charge is 2.31. The molecule has 0 saturated carbocycles. The van der Waals surface area contributed by atoms with E-state index in [1.165, 1.54) is 40.8 Å². The number of para-hydroxylation sites is 1. The topological polar surface area (TPSA) is 84.6 Å². The predicted molar refractivity (Wildman–Crippen MR) is 172 cm³/mol. The molecule has 3 aromatic carbocycles. The second-order valence-corrected chi connectivity index (χ2v) is 12.2. The summed E-state index contributed by atoms with van der Waals surface area (Å²) < 4.78 is 42.7. The molecule has 12 heteroatoms. The van der Waals surface area contributed by atoms with Gasteiger partial charge in [0.15, 0.2) is 11.0 Å². The summed E-state index contributed by atoms with van der Waals surface area (Å²) in [6, 6.07) is 20.9. The molecule has 2 unspecified atom stereocenters. The highest BCUT2D eigenvalue weighted by molar-refractivity contribution is 8.14. The maximum absolute atomic E-state index is 13.1. The minimum absolute atomic E-state index is 0.00271. The predicted octanol–water partition coefficient (Wildman–Crippen LogP) is 8.16. The molecule has 0 bridgehead atoms. The van der Waals surface area contributed by atoms with E-state index in [0.717, 1.165) is 35.5 Å². The van der Waals surface area contributed by atoms with Crippen LogP contribution in [-0.4, -0.2) is 50.7 Å². The van der Waals surface area contributed by atoms with E-state index in [9.17, 15) is 18.0 Å². The second-order valence-electron chi connectivity index (χ2n) is 11.2. The van der Waals surface area contributed by atoms with Gasteiger partial charge in [-0.1, -0.05) is 75.0 Å². The summed E-state index contributed by atoms with van der Waals surface area (Å²) in [7, 11) is 0.